The van der Waals surface area contributed by atoms with Crippen molar-refractivity contribution in [3.05, 3.63) is 30.1 Å². The SMILES string of the molecule is CC1CCCC(CNCc2ccncc2)C1. The molecule has 1 fully saturated rings. The first-order valence-corrected chi connectivity index (χ1v) is 6.44. The molecule has 1 aliphatic carbocycles. The van der Waals surface area contributed by atoms with Gasteiger partial charge < -0.3 is 5.32 Å². The van der Waals surface area contributed by atoms with Crippen molar-refractivity contribution >= 4 is 0 Å². The third-order valence-electron chi connectivity index (χ3n) is 3.56. The summed E-state index contributed by atoms with van der Waals surface area (Å²) in [6.45, 7) is 4.54. The van der Waals surface area contributed by atoms with Gasteiger partial charge in [-0.1, -0.05) is 19.8 Å². The van der Waals surface area contributed by atoms with Crippen LogP contribution in [0.1, 0.15) is 38.2 Å². The van der Waals surface area contributed by atoms with Crippen molar-refractivity contribution in [2.75, 3.05) is 6.54 Å². The Morgan fingerprint density at radius 3 is 2.88 bits per heavy atom. The predicted octanol–water partition coefficient (Wildman–Crippen LogP) is 3.00. The minimum absolute atomic E-state index is 0.894. The molecule has 1 N–H and O–H groups in total. The van der Waals surface area contributed by atoms with Gasteiger partial charge in [0.05, 0.1) is 0 Å². The largest absolute Gasteiger partial charge is 0.312 e. The Morgan fingerprint density at radius 1 is 1.31 bits per heavy atom. The highest BCUT2D eigenvalue weighted by molar-refractivity contribution is 5.08. The summed E-state index contributed by atoms with van der Waals surface area (Å²) in [5.41, 5.74) is 1.33. The molecule has 2 nitrogen and oxygen atoms in total. The van der Waals surface area contributed by atoms with Crippen molar-refractivity contribution in [3.63, 3.8) is 0 Å². The maximum atomic E-state index is 4.03. The Balaban J connectivity index is 1.68. The second kappa shape index (κ2) is 6.00. The molecule has 1 aromatic rings. The maximum absolute atomic E-state index is 4.03. The first-order valence-electron chi connectivity index (χ1n) is 6.44. The van der Waals surface area contributed by atoms with Crippen molar-refractivity contribution in [1.82, 2.24) is 10.3 Å². The van der Waals surface area contributed by atoms with E-state index in [9.17, 15) is 0 Å². The number of nitrogens with zero attached hydrogens (tertiary/aromatic N) is 1. The molecule has 1 aliphatic rings. The van der Waals surface area contributed by atoms with Gasteiger partial charge in [-0.3, -0.25) is 4.98 Å². The van der Waals surface area contributed by atoms with Crippen LogP contribution in [0.2, 0.25) is 0 Å². The zero-order valence-electron chi connectivity index (χ0n) is 10.2. The molecule has 16 heavy (non-hydrogen) atoms. The van der Waals surface area contributed by atoms with Gasteiger partial charge in [-0.2, -0.15) is 0 Å². The highest BCUT2D eigenvalue weighted by Gasteiger charge is 2.17. The molecule has 1 heterocycles. The molecule has 2 rings (SSSR count). The summed E-state index contributed by atoms with van der Waals surface area (Å²) in [4.78, 5) is 4.03. The lowest BCUT2D eigenvalue weighted by Gasteiger charge is -2.26. The van der Waals surface area contributed by atoms with Gasteiger partial charge in [0.1, 0.15) is 0 Å². The van der Waals surface area contributed by atoms with Crippen LogP contribution in [0, 0.1) is 11.8 Å². The predicted molar refractivity (Wildman–Crippen MR) is 67.1 cm³/mol. The van der Waals surface area contributed by atoms with Crippen LogP contribution in [0.15, 0.2) is 24.5 Å². The first kappa shape index (κ1) is 11.6. The molecule has 2 unspecified atom stereocenters. The van der Waals surface area contributed by atoms with Crippen LogP contribution in [0.5, 0.6) is 0 Å². The van der Waals surface area contributed by atoms with Crippen molar-refractivity contribution < 1.29 is 0 Å². The Hall–Kier alpha value is -0.890. The highest BCUT2D eigenvalue weighted by Crippen LogP contribution is 2.27. The van der Waals surface area contributed by atoms with Gasteiger partial charge in [-0.15, -0.1) is 0 Å². The van der Waals surface area contributed by atoms with Gasteiger partial charge >= 0.3 is 0 Å². The summed E-state index contributed by atoms with van der Waals surface area (Å²) in [6.07, 6.45) is 9.39. The summed E-state index contributed by atoms with van der Waals surface area (Å²) >= 11 is 0. The second-order valence-corrected chi connectivity index (χ2v) is 5.12. The molecule has 0 amide bonds. The van der Waals surface area contributed by atoms with E-state index in [1.807, 2.05) is 12.4 Å². The van der Waals surface area contributed by atoms with Crippen molar-refractivity contribution in [1.29, 1.82) is 0 Å². The van der Waals surface area contributed by atoms with Gasteiger partial charge in [-0.05, 0) is 48.9 Å². The zero-order valence-corrected chi connectivity index (χ0v) is 10.2. The Labute approximate surface area is 98.5 Å². The van der Waals surface area contributed by atoms with E-state index in [2.05, 4.69) is 29.4 Å². The van der Waals surface area contributed by atoms with Crippen LogP contribution in [0.25, 0.3) is 0 Å². The average Bonchev–Trinajstić information content (AvgIpc) is 2.30. The van der Waals surface area contributed by atoms with Gasteiger partial charge in [0.2, 0.25) is 0 Å². The van der Waals surface area contributed by atoms with E-state index >= 15 is 0 Å². The number of hydrogen-bond acceptors (Lipinski definition) is 2. The fourth-order valence-corrected chi connectivity index (χ4v) is 2.67. The van der Waals surface area contributed by atoms with Crippen LogP contribution in [0.3, 0.4) is 0 Å². The lowest BCUT2D eigenvalue weighted by Crippen LogP contribution is -2.26. The summed E-state index contributed by atoms with van der Waals surface area (Å²) in [5.74, 6) is 1.83. The minimum Gasteiger partial charge on any atom is -0.312 e. The molecule has 2 heteroatoms. The molecule has 0 spiro atoms. The lowest BCUT2D eigenvalue weighted by atomic mass is 9.82. The van der Waals surface area contributed by atoms with E-state index in [0.717, 1.165) is 18.4 Å². The third-order valence-corrected chi connectivity index (χ3v) is 3.56. The van der Waals surface area contributed by atoms with Crippen molar-refractivity contribution in [2.45, 2.75) is 39.2 Å². The Kier molecular flexibility index (Phi) is 4.34. The fourth-order valence-electron chi connectivity index (χ4n) is 2.67. The smallest absolute Gasteiger partial charge is 0.0271 e. The molecular formula is C14H22N2. The van der Waals surface area contributed by atoms with Gasteiger partial charge in [0.25, 0.3) is 0 Å². The molecule has 88 valence electrons. The Bertz CT molecular complexity index is 297. The molecular weight excluding hydrogens is 196 g/mol. The number of pyridine rings is 1. The van der Waals surface area contributed by atoms with E-state index < -0.39 is 0 Å². The van der Waals surface area contributed by atoms with Crippen LogP contribution in [-0.4, -0.2) is 11.5 Å². The molecule has 2 atom stereocenters. The van der Waals surface area contributed by atoms with E-state index in [1.54, 1.807) is 0 Å². The lowest BCUT2D eigenvalue weighted by molar-refractivity contribution is 0.274. The van der Waals surface area contributed by atoms with Crippen molar-refractivity contribution in [2.24, 2.45) is 11.8 Å². The zero-order chi connectivity index (χ0) is 11.2. The number of nitrogens with one attached hydrogen (secondary N) is 1. The molecule has 0 radical (unpaired) electrons. The molecule has 1 aromatic heterocycles. The second-order valence-electron chi connectivity index (χ2n) is 5.12. The summed E-state index contributed by atoms with van der Waals surface area (Å²) < 4.78 is 0. The molecule has 0 bridgehead atoms. The van der Waals surface area contributed by atoms with Gasteiger partial charge in [0.15, 0.2) is 0 Å². The van der Waals surface area contributed by atoms with Crippen LogP contribution in [-0.2, 0) is 6.54 Å². The Morgan fingerprint density at radius 2 is 2.12 bits per heavy atom. The summed E-state index contributed by atoms with van der Waals surface area (Å²) in [6, 6.07) is 4.16. The monoisotopic (exact) mass is 218 g/mol. The topological polar surface area (TPSA) is 24.9 Å². The van der Waals surface area contributed by atoms with E-state index in [4.69, 9.17) is 0 Å². The van der Waals surface area contributed by atoms with Crippen LogP contribution in [0.4, 0.5) is 0 Å². The number of aromatic nitrogens is 1. The fraction of sp³-hybridized carbons (Fsp3) is 0.643. The normalized spacial score (nSPS) is 25.6. The molecule has 0 aliphatic heterocycles. The quantitative estimate of drug-likeness (QED) is 0.840. The molecule has 1 saturated carbocycles. The minimum atomic E-state index is 0.894. The molecule has 0 aromatic carbocycles. The van der Waals surface area contributed by atoms with Crippen LogP contribution < -0.4 is 5.32 Å². The highest BCUT2D eigenvalue weighted by atomic mass is 14.9. The first-order chi connectivity index (χ1) is 7.84. The average molecular weight is 218 g/mol. The molecule has 0 saturated heterocycles. The van der Waals surface area contributed by atoms with E-state index in [0.29, 0.717) is 0 Å². The van der Waals surface area contributed by atoms with E-state index in [-0.39, 0.29) is 0 Å². The number of hydrogen-bond donors (Lipinski definition) is 1. The third kappa shape index (κ3) is 3.60. The number of rotatable bonds is 4. The van der Waals surface area contributed by atoms with Crippen LogP contribution >= 0.6 is 0 Å². The summed E-state index contributed by atoms with van der Waals surface area (Å²) in [7, 11) is 0. The summed E-state index contributed by atoms with van der Waals surface area (Å²) in [5, 5.41) is 3.56. The van der Waals surface area contributed by atoms with Gasteiger partial charge in [0, 0.05) is 18.9 Å². The van der Waals surface area contributed by atoms with Crippen molar-refractivity contribution in [3.8, 4) is 0 Å². The van der Waals surface area contributed by atoms with E-state index in [1.165, 1.54) is 37.8 Å². The maximum Gasteiger partial charge on any atom is 0.0271 e. The standard InChI is InChI=1S/C14H22N2/c1-12-3-2-4-14(9-12)11-16-10-13-5-7-15-8-6-13/h5-8,12,14,16H,2-4,9-11H2,1H3. The van der Waals surface area contributed by atoms with Gasteiger partial charge in [-0.25, -0.2) is 0 Å².